The average Bonchev–Trinajstić information content (AvgIpc) is 2.49. The molecule has 2 aromatic rings. The van der Waals surface area contributed by atoms with Crippen molar-refractivity contribution in [3.63, 3.8) is 0 Å². The number of rotatable bonds is 7. The fourth-order valence-corrected chi connectivity index (χ4v) is 2.61. The number of ketones is 1. The van der Waals surface area contributed by atoms with E-state index < -0.39 is 13.6 Å². The number of phenolic OH excluding ortho intramolecular Hbond substituents is 2. The zero-order chi connectivity index (χ0) is 17.7. The number of hydrogen-bond donors (Lipinski definition) is 4. The maximum Gasteiger partial charge on any atom is 0.524 e. The van der Waals surface area contributed by atoms with Gasteiger partial charge in [0.2, 0.25) is 0 Å². The van der Waals surface area contributed by atoms with Crippen molar-refractivity contribution >= 4 is 13.6 Å². The van der Waals surface area contributed by atoms with Crippen molar-refractivity contribution in [3.8, 4) is 17.2 Å². The number of hydrogen-bond acceptors (Lipinski definition) is 5. The summed E-state index contributed by atoms with van der Waals surface area (Å²) in [6.07, 6.45) is 1.20. The van der Waals surface area contributed by atoms with Gasteiger partial charge in [0.25, 0.3) is 0 Å². The maximum atomic E-state index is 12.3. The summed E-state index contributed by atoms with van der Waals surface area (Å²) in [5.74, 6) is -0.701. The summed E-state index contributed by atoms with van der Waals surface area (Å²) >= 11 is 0. The van der Waals surface area contributed by atoms with Crippen molar-refractivity contribution in [2.75, 3.05) is 0 Å². The first-order chi connectivity index (χ1) is 11.2. The Labute approximate surface area is 138 Å². The van der Waals surface area contributed by atoms with Crippen LogP contribution in [0.15, 0.2) is 42.5 Å². The van der Waals surface area contributed by atoms with Gasteiger partial charge in [-0.05, 0) is 48.7 Å². The van der Waals surface area contributed by atoms with Crippen molar-refractivity contribution in [3.05, 3.63) is 53.6 Å². The van der Waals surface area contributed by atoms with Crippen LogP contribution < -0.4 is 4.52 Å². The number of Topliss-reactive ketones (excluding diaryl/α,β-unsaturated/α-hetero) is 1. The predicted molar refractivity (Wildman–Crippen MR) is 86.2 cm³/mol. The minimum atomic E-state index is -4.81. The highest BCUT2D eigenvalue weighted by molar-refractivity contribution is 7.46. The van der Waals surface area contributed by atoms with Crippen molar-refractivity contribution in [1.82, 2.24) is 0 Å². The van der Waals surface area contributed by atoms with E-state index in [1.807, 2.05) is 0 Å². The summed E-state index contributed by atoms with van der Waals surface area (Å²) in [5, 5.41) is 18.7. The molecule has 0 spiro atoms. The Morgan fingerprint density at radius 2 is 1.62 bits per heavy atom. The van der Waals surface area contributed by atoms with E-state index >= 15 is 0 Å². The Morgan fingerprint density at radius 1 is 1.00 bits per heavy atom. The lowest BCUT2D eigenvalue weighted by molar-refractivity contribution is 0.0978. The lowest BCUT2D eigenvalue weighted by atomic mass is 10.0. The van der Waals surface area contributed by atoms with Crippen LogP contribution >= 0.6 is 7.82 Å². The summed E-state index contributed by atoms with van der Waals surface area (Å²) in [4.78, 5) is 30.0. The largest absolute Gasteiger partial charge is 0.524 e. The highest BCUT2D eigenvalue weighted by Gasteiger charge is 2.21. The Kier molecular flexibility index (Phi) is 5.62. The molecule has 0 unspecified atom stereocenters. The molecule has 2 rings (SSSR count). The summed E-state index contributed by atoms with van der Waals surface area (Å²) < 4.78 is 15.5. The Bertz CT molecular complexity index is 764. The van der Waals surface area contributed by atoms with Gasteiger partial charge in [0.05, 0.1) is 5.56 Å². The number of phosphoric ester groups is 1. The molecule has 24 heavy (non-hydrogen) atoms. The molecule has 7 nitrogen and oxygen atoms in total. The van der Waals surface area contributed by atoms with Crippen LogP contribution in [-0.2, 0) is 11.0 Å². The van der Waals surface area contributed by atoms with Crippen molar-refractivity contribution in [2.24, 2.45) is 0 Å². The summed E-state index contributed by atoms with van der Waals surface area (Å²) in [6, 6.07) is 10.0. The van der Waals surface area contributed by atoms with Gasteiger partial charge >= 0.3 is 7.82 Å². The molecule has 0 atom stereocenters. The standard InChI is InChI=1S/C16H17O7P/c17-12-6-4-11(5-7-12)2-1-3-15(19)14-10-13(18)8-9-16(14)23-24(20,21)22/h4-10,17-18H,1-3H2,(H2,20,21,22). The van der Waals surface area contributed by atoms with Crippen LogP contribution in [0.3, 0.4) is 0 Å². The Hall–Kier alpha value is -2.34. The average molecular weight is 352 g/mol. The molecule has 4 N–H and O–H groups in total. The molecule has 2 aromatic carbocycles. The fourth-order valence-electron chi connectivity index (χ4n) is 2.19. The van der Waals surface area contributed by atoms with Gasteiger partial charge in [-0.1, -0.05) is 12.1 Å². The molecule has 0 aliphatic heterocycles. The quantitative estimate of drug-likeness (QED) is 0.446. The van der Waals surface area contributed by atoms with Gasteiger partial charge in [-0.15, -0.1) is 0 Å². The number of carbonyl (C=O) groups excluding carboxylic acids is 1. The second-order valence-electron chi connectivity index (χ2n) is 5.21. The number of carbonyl (C=O) groups is 1. The van der Waals surface area contributed by atoms with Crippen LogP contribution in [0, 0.1) is 0 Å². The van der Waals surface area contributed by atoms with Gasteiger partial charge in [0, 0.05) is 6.42 Å². The molecule has 0 aliphatic carbocycles. The third-order valence-corrected chi connectivity index (χ3v) is 3.72. The Morgan fingerprint density at radius 3 is 2.25 bits per heavy atom. The van der Waals surface area contributed by atoms with Crippen LogP contribution in [0.5, 0.6) is 17.2 Å². The first kappa shape index (κ1) is 18.0. The van der Waals surface area contributed by atoms with Crippen molar-refractivity contribution in [2.45, 2.75) is 19.3 Å². The third-order valence-electron chi connectivity index (χ3n) is 3.29. The molecule has 0 bridgehead atoms. The minimum absolute atomic E-state index is 0.0796. The van der Waals surface area contributed by atoms with E-state index in [2.05, 4.69) is 4.52 Å². The summed E-state index contributed by atoms with van der Waals surface area (Å²) in [6.45, 7) is 0. The number of phenols is 2. The number of aromatic hydroxyl groups is 2. The monoisotopic (exact) mass is 352 g/mol. The molecule has 0 heterocycles. The topological polar surface area (TPSA) is 124 Å². The third kappa shape index (κ3) is 5.38. The minimum Gasteiger partial charge on any atom is -0.508 e. The van der Waals surface area contributed by atoms with E-state index in [4.69, 9.17) is 9.79 Å². The molecule has 0 amide bonds. The van der Waals surface area contributed by atoms with E-state index in [1.165, 1.54) is 6.07 Å². The van der Waals surface area contributed by atoms with Crippen LogP contribution in [0.1, 0.15) is 28.8 Å². The smallest absolute Gasteiger partial charge is 0.508 e. The zero-order valence-electron chi connectivity index (χ0n) is 12.6. The summed E-state index contributed by atoms with van der Waals surface area (Å²) in [5.41, 5.74) is 0.868. The van der Waals surface area contributed by atoms with Gasteiger partial charge in [-0.25, -0.2) is 4.57 Å². The molecule has 0 saturated carbocycles. The van der Waals surface area contributed by atoms with Gasteiger partial charge in [-0.2, -0.15) is 0 Å². The van der Waals surface area contributed by atoms with Gasteiger partial charge in [0.15, 0.2) is 5.78 Å². The predicted octanol–water partition coefficient (Wildman–Crippen LogP) is 2.77. The zero-order valence-corrected chi connectivity index (χ0v) is 13.5. The molecule has 0 fully saturated rings. The molecule has 0 radical (unpaired) electrons. The SMILES string of the molecule is O=C(CCCc1ccc(O)cc1)c1cc(O)ccc1OP(=O)(O)O. The molecule has 8 heteroatoms. The van der Waals surface area contributed by atoms with E-state index in [0.29, 0.717) is 12.8 Å². The second-order valence-corrected chi connectivity index (χ2v) is 6.37. The number of benzene rings is 2. The van der Waals surface area contributed by atoms with Gasteiger partial charge < -0.3 is 14.7 Å². The molecular formula is C16H17O7P. The highest BCUT2D eigenvalue weighted by atomic mass is 31.2. The van der Waals surface area contributed by atoms with E-state index in [-0.39, 0.29) is 29.2 Å². The number of phosphoric acid groups is 1. The Balaban J connectivity index is 2.04. The first-order valence-corrected chi connectivity index (χ1v) is 8.67. The van der Waals surface area contributed by atoms with E-state index in [1.54, 1.807) is 24.3 Å². The van der Waals surface area contributed by atoms with Crippen LogP contribution in [0.25, 0.3) is 0 Å². The molecule has 0 saturated heterocycles. The summed E-state index contributed by atoms with van der Waals surface area (Å²) in [7, 11) is -4.81. The first-order valence-electron chi connectivity index (χ1n) is 7.14. The highest BCUT2D eigenvalue weighted by Crippen LogP contribution is 2.40. The van der Waals surface area contributed by atoms with Crippen LogP contribution in [0.2, 0.25) is 0 Å². The van der Waals surface area contributed by atoms with Crippen LogP contribution in [-0.4, -0.2) is 25.8 Å². The van der Waals surface area contributed by atoms with Gasteiger partial charge in [0.1, 0.15) is 17.2 Å². The maximum absolute atomic E-state index is 12.3. The van der Waals surface area contributed by atoms with Crippen molar-refractivity contribution < 1.29 is 33.9 Å². The van der Waals surface area contributed by atoms with E-state index in [0.717, 1.165) is 17.7 Å². The molecule has 128 valence electrons. The second kappa shape index (κ2) is 7.49. The normalized spacial score (nSPS) is 11.2. The lowest BCUT2D eigenvalue weighted by Crippen LogP contribution is -2.04. The fraction of sp³-hybridized carbons (Fsp3) is 0.188. The van der Waals surface area contributed by atoms with Crippen molar-refractivity contribution in [1.29, 1.82) is 0 Å². The number of aryl methyl sites for hydroxylation is 1. The molecule has 0 aromatic heterocycles. The lowest BCUT2D eigenvalue weighted by Gasteiger charge is -2.11. The van der Waals surface area contributed by atoms with E-state index in [9.17, 15) is 19.6 Å². The molecule has 0 aliphatic rings. The van der Waals surface area contributed by atoms with Gasteiger partial charge in [-0.3, -0.25) is 14.6 Å². The van der Waals surface area contributed by atoms with Crippen LogP contribution in [0.4, 0.5) is 0 Å². The molecular weight excluding hydrogens is 335 g/mol.